The van der Waals surface area contributed by atoms with E-state index in [9.17, 15) is 13.2 Å². The normalized spacial score (nSPS) is 11.0. The summed E-state index contributed by atoms with van der Waals surface area (Å²) in [6, 6.07) is 9.80. The molecule has 0 saturated carbocycles. The molecule has 170 valence electrons. The Hall–Kier alpha value is -4.04. The van der Waals surface area contributed by atoms with E-state index in [0.717, 1.165) is 6.26 Å². The SMILES string of the molecule is CC(=O)Nc1cc(Nc2cc(OC(C)C)cc(S(C)(=O)=O)n2)c(-c2ccc(C#N)cn2)cn1. The first-order valence-corrected chi connectivity index (χ1v) is 11.7. The van der Waals surface area contributed by atoms with Crippen LogP contribution in [0.25, 0.3) is 11.3 Å². The van der Waals surface area contributed by atoms with E-state index in [0.29, 0.717) is 28.3 Å². The molecule has 0 aliphatic rings. The van der Waals surface area contributed by atoms with Gasteiger partial charge < -0.3 is 15.4 Å². The molecule has 0 aromatic carbocycles. The van der Waals surface area contributed by atoms with Crippen molar-refractivity contribution in [1.82, 2.24) is 15.0 Å². The van der Waals surface area contributed by atoms with Crippen LogP contribution in [0.15, 0.2) is 47.8 Å². The molecule has 0 atom stereocenters. The van der Waals surface area contributed by atoms with Crippen molar-refractivity contribution in [3.8, 4) is 23.1 Å². The third-order valence-electron chi connectivity index (χ3n) is 4.17. The predicted molar refractivity (Wildman–Crippen MR) is 123 cm³/mol. The van der Waals surface area contributed by atoms with Gasteiger partial charge in [0.05, 0.1) is 23.0 Å². The summed E-state index contributed by atoms with van der Waals surface area (Å²) in [5.41, 5.74) is 1.91. The Kier molecular flexibility index (Phi) is 6.89. The smallest absolute Gasteiger partial charge is 0.222 e. The zero-order chi connectivity index (χ0) is 24.2. The Morgan fingerprint density at radius 2 is 1.88 bits per heavy atom. The average molecular weight is 467 g/mol. The molecule has 0 aliphatic carbocycles. The maximum atomic E-state index is 12.2. The van der Waals surface area contributed by atoms with E-state index in [2.05, 4.69) is 25.6 Å². The second kappa shape index (κ2) is 9.62. The minimum Gasteiger partial charge on any atom is -0.491 e. The van der Waals surface area contributed by atoms with Crippen molar-refractivity contribution < 1.29 is 17.9 Å². The number of rotatable bonds is 7. The van der Waals surface area contributed by atoms with E-state index >= 15 is 0 Å². The molecule has 0 bridgehead atoms. The molecule has 0 unspecified atom stereocenters. The largest absolute Gasteiger partial charge is 0.491 e. The predicted octanol–water partition coefficient (Wildman–Crippen LogP) is 3.30. The van der Waals surface area contributed by atoms with Gasteiger partial charge in [-0.1, -0.05) is 0 Å². The minimum atomic E-state index is -3.61. The highest BCUT2D eigenvalue weighted by atomic mass is 32.2. The number of nitriles is 1. The Morgan fingerprint density at radius 1 is 1.12 bits per heavy atom. The summed E-state index contributed by atoms with van der Waals surface area (Å²) in [6.07, 6.45) is 3.82. The van der Waals surface area contributed by atoms with E-state index in [-0.39, 0.29) is 28.7 Å². The van der Waals surface area contributed by atoms with Crippen molar-refractivity contribution in [2.75, 3.05) is 16.9 Å². The van der Waals surface area contributed by atoms with E-state index in [1.807, 2.05) is 19.9 Å². The van der Waals surface area contributed by atoms with Crippen LogP contribution in [0.3, 0.4) is 0 Å². The zero-order valence-corrected chi connectivity index (χ0v) is 19.3. The number of sulfone groups is 1. The van der Waals surface area contributed by atoms with Gasteiger partial charge in [-0.15, -0.1) is 0 Å². The Labute approximate surface area is 191 Å². The number of anilines is 3. The van der Waals surface area contributed by atoms with Gasteiger partial charge in [0.15, 0.2) is 14.9 Å². The minimum absolute atomic E-state index is 0.155. The van der Waals surface area contributed by atoms with Gasteiger partial charge in [0.2, 0.25) is 5.91 Å². The maximum absolute atomic E-state index is 12.2. The number of aromatic nitrogens is 3. The Bertz CT molecular complexity index is 1330. The molecule has 2 N–H and O–H groups in total. The lowest BCUT2D eigenvalue weighted by molar-refractivity contribution is -0.114. The van der Waals surface area contributed by atoms with Crippen LogP contribution in [0, 0.1) is 11.3 Å². The summed E-state index contributed by atoms with van der Waals surface area (Å²) < 4.78 is 30.0. The van der Waals surface area contributed by atoms with Gasteiger partial charge in [0.1, 0.15) is 23.5 Å². The fourth-order valence-corrected chi connectivity index (χ4v) is 3.44. The summed E-state index contributed by atoms with van der Waals surface area (Å²) in [5, 5.41) is 14.6. The van der Waals surface area contributed by atoms with Crippen LogP contribution >= 0.6 is 0 Å². The summed E-state index contributed by atoms with van der Waals surface area (Å²) in [4.78, 5) is 24.2. The lowest BCUT2D eigenvalue weighted by atomic mass is 10.1. The van der Waals surface area contributed by atoms with Crippen molar-refractivity contribution in [1.29, 1.82) is 5.26 Å². The molecule has 3 heterocycles. The van der Waals surface area contributed by atoms with Gasteiger partial charge in [0.25, 0.3) is 0 Å². The van der Waals surface area contributed by atoms with Crippen molar-refractivity contribution in [3.63, 3.8) is 0 Å². The number of nitrogens with zero attached hydrogens (tertiary/aromatic N) is 4. The number of nitrogens with one attached hydrogen (secondary N) is 2. The monoisotopic (exact) mass is 466 g/mol. The van der Waals surface area contributed by atoms with E-state index in [1.165, 1.54) is 25.4 Å². The average Bonchev–Trinajstić information content (AvgIpc) is 2.72. The van der Waals surface area contributed by atoms with Crippen molar-refractivity contribution in [3.05, 3.63) is 48.3 Å². The van der Waals surface area contributed by atoms with Gasteiger partial charge in [-0.25, -0.2) is 18.4 Å². The van der Waals surface area contributed by atoms with Gasteiger partial charge in [0, 0.05) is 49.3 Å². The fourth-order valence-electron chi connectivity index (χ4n) is 2.84. The lowest BCUT2D eigenvalue weighted by Gasteiger charge is -2.16. The van der Waals surface area contributed by atoms with Crippen LogP contribution in [0.2, 0.25) is 0 Å². The number of pyridine rings is 3. The van der Waals surface area contributed by atoms with Crippen molar-refractivity contribution in [2.24, 2.45) is 0 Å². The summed E-state index contributed by atoms with van der Waals surface area (Å²) in [7, 11) is -3.61. The first-order chi connectivity index (χ1) is 15.5. The van der Waals surface area contributed by atoms with Gasteiger partial charge in [-0.3, -0.25) is 9.78 Å². The van der Waals surface area contributed by atoms with E-state index in [4.69, 9.17) is 10.00 Å². The molecule has 11 heteroatoms. The number of carbonyl (C=O) groups is 1. The number of ether oxygens (including phenoxy) is 1. The number of amides is 1. The quantitative estimate of drug-likeness (QED) is 0.535. The highest BCUT2D eigenvalue weighted by Gasteiger charge is 2.16. The molecule has 1 amide bonds. The van der Waals surface area contributed by atoms with Gasteiger partial charge in [-0.2, -0.15) is 5.26 Å². The fraction of sp³-hybridized carbons (Fsp3) is 0.227. The molecule has 0 aliphatic heterocycles. The topological polar surface area (TPSA) is 147 Å². The molecule has 3 rings (SSSR count). The third kappa shape index (κ3) is 6.24. The van der Waals surface area contributed by atoms with Crippen LogP contribution in [0.4, 0.5) is 17.3 Å². The molecule has 0 saturated heterocycles. The molecular weight excluding hydrogens is 444 g/mol. The zero-order valence-electron chi connectivity index (χ0n) is 18.4. The second-order valence-corrected chi connectivity index (χ2v) is 9.39. The van der Waals surface area contributed by atoms with Crippen LogP contribution in [0.5, 0.6) is 5.75 Å². The second-order valence-electron chi connectivity index (χ2n) is 7.43. The Morgan fingerprint density at radius 3 is 2.45 bits per heavy atom. The lowest BCUT2D eigenvalue weighted by Crippen LogP contribution is -2.10. The van der Waals surface area contributed by atoms with Crippen LogP contribution in [-0.4, -0.2) is 41.6 Å². The van der Waals surface area contributed by atoms with Crippen molar-refractivity contribution >= 4 is 33.1 Å². The number of hydrogen-bond acceptors (Lipinski definition) is 9. The van der Waals surface area contributed by atoms with E-state index in [1.54, 1.807) is 24.3 Å². The maximum Gasteiger partial charge on any atom is 0.222 e. The van der Waals surface area contributed by atoms with Gasteiger partial charge >= 0.3 is 0 Å². The van der Waals surface area contributed by atoms with E-state index < -0.39 is 9.84 Å². The molecule has 3 aromatic heterocycles. The Balaban J connectivity index is 2.12. The summed E-state index contributed by atoms with van der Waals surface area (Å²) in [6.45, 7) is 5.01. The standard InChI is InChI=1S/C22H22N6O4S/c1-13(2)32-16-7-21(28-22(8-16)33(4,30)31)27-19-9-20(26-14(3)29)25-12-17(19)18-6-5-15(10-23)11-24-18/h5-9,11-13H,1-4H3,(H2,25,26,27,28,29). The molecule has 33 heavy (non-hydrogen) atoms. The third-order valence-corrected chi connectivity index (χ3v) is 5.14. The summed E-state index contributed by atoms with van der Waals surface area (Å²) in [5.74, 6) is 0.517. The number of carbonyl (C=O) groups excluding carboxylic acids is 1. The molecule has 0 spiro atoms. The summed E-state index contributed by atoms with van der Waals surface area (Å²) >= 11 is 0. The molecule has 0 fully saturated rings. The van der Waals surface area contributed by atoms with Crippen LogP contribution in [-0.2, 0) is 14.6 Å². The first kappa shape index (κ1) is 23.6. The van der Waals surface area contributed by atoms with Gasteiger partial charge in [-0.05, 0) is 26.0 Å². The molecule has 3 aromatic rings. The molecular formula is C22H22N6O4S. The van der Waals surface area contributed by atoms with Crippen LogP contribution in [0.1, 0.15) is 26.3 Å². The van der Waals surface area contributed by atoms with Crippen LogP contribution < -0.4 is 15.4 Å². The van der Waals surface area contributed by atoms with Crippen molar-refractivity contribution in [2.45, 2.75) is 31.9 Å². The first-order valence-electron chi connectivity index (χ1n) is 9.85. The molecule has 0 radical (unpaired) electrons. The highest BCUT2D eigenvalue weighted by molar-refractivity contribution is 7.90. The highest BCUT2D eigenvalue weighted by Crippen LogP contribution is 2.32. The number of hydrogen-bond donors (Lipinski definition) is 2. The molecule has 10 nitrogen and oxygen atoms in total.